The van der Waals surface area contributed by atoms with Gasteiger partial charge in [-0.1, -0.05) is 0 Å². The van der Waals surface area contributed by atoms with Crippen molar-refractivity contribution in [2.24, 2.45) is 0 Å². The molecule has 1 saturated carbocycles. The second-order valence-corrected chi connectivity index (χ2v) is 3.99. The Bertz CT molecular complexity index is 267. The second kappa shape index (κ2) is 3.97. The number of amides is 1. The summed E-state index contributed by atoms with van der Waals surface area (Å²) < 4.78 is 0. The van der Waals surface area contributed by atoms with E-state index in [1.165, 1.54) is 12.8 Å². The van der Waals surface area contributed by atoms with Gasteiger partial charge in [0.2, 0.25) is 5.91 Å². The number of carbonyl (C=O) groups excluding carboxylic acids is 1. The average molecular weight is 193 g/mol. The minimum Gasteiger partial charge on any atom is -0.355 e. The van der Waals surface area contributed by atoms with Crippen molar-refractivity contribution >= 4 is 5.91 Å². The summed E-state index contributed by atoms with van der Waals surface area (Å²) in [6, 6.07) is 2.47. The van der Waals surface area contributed by atoms with Gasteiger partial charge in [-0.15, -0.1) is 0 Å². The van der Waals surface area contributed by atoms with E-state index in [0.717, 1.165) is 19.5 Å². The van der Waals surface area contributed by atoms with Crippen LogP contribution in [-0.2, 0) is 4.79 Å². The van der Waals surface area contributed by atoms with Gasteiger partial charge in [-0.05, 0) is 19.3 Å². The summed E-state index contributed by atoms with van der Waals surface area (Å²) in [4.78, 5) is 13.9. The van der Waals surface area contributed by atoms with Gasteiger partial charge in [0.15, 0.2) is 0 Å². The van der Waals surface area contributed by atoms with Crippen LogP contribution in [0.5, 0.6) is 0 Å². The van der Waals surface area contributed by atoms with Crippen LogP contribution in [-0.4, -0.2) is 36.0 Å². The molecule has 14 heavy (non-hydrogen) atoms. The topological polar surface area (TPSA) is 56.1 Å². The minimum atomic E-state index is -0.199. The average Bonchev–Trinajstić information content (AvgIpc) is 2.96. The number of hydrogen-bond acceptors (Lipinski definition) is 3. The molecule has 1 atom stereocenters. The fourth-order valence-corrected chi connectivity index (χ4v) is 2.04. The van der Waals surface area contributed by atoms with Gasteiger partial charge in [-0.2, -0.15) is 5.26 Å². The largest absolute Gasteiger partial charge is 0.355 e. The van der Waals surface area contributed by atoms with Crippen LogP contribution in [0.1, 0.15) is 25.7 Å². The quantitative estimate of drug-likeness (QED) is 0.684. The number of nitriles is 1. The summed E-state index contributed by atoms with van der Waals surface area (Å²) in [5.41, 5.74) is 0. The molecule has 0 bridgehead atoms. The number of carbonyl (C=O) groups is 1. The van der Waals surface area contributed by atoms with E-state index in [9.17, 15) is 4.79 Å². The first-order valence-corrected chi connectivity index (χ1v) is 5.23. The SMILES string of the molecule is N#CCC1C(=O)NCCCN1C1CC1. The molecular formula is C10H15N3O. The maximum Gasteiger partial charge on any atom is 0.238 e. The van der Waals surface area contributed by atoms with Crippen LogP contribution in [0.25, 0.3) is 0 Å². The molecule has 1 N–H and O–H groups in total. The lowest BCUT2D eigenvalue weighted by Crippen LogP contribution is -2.45. The Labute approximate surface area is 83.9 Å². The molecule has 2 aliphatic rings. The molecule has 4 nitrogen and oxygen atoms in total. The van der Waals surface area contributed by atoms with Crippen molar-refractivity contribution in [3.05, 3.63) is 0 Å². The molecule has 4 heteroatoms. The predicted molar refractivity (Wildman–Crippen MR) is 51.4 cm³/mol. The number of rotatable bonds is 2. The van der Waals surface area contributed by atoms with Crippen molar-refractivity contribution in [2.45, 2.75) is 37.8 Å². The van der Waals surface area contributed by atoms with Gasteiger partial charge in [0.05, 0.1) is 12.5 Å². The highest BCUT2D eigenvalue weighted by molar-refractivity contribution is 5.82. The van der Waals surface area contributed by atoms with Crippen molar-refractivity contribution in [3.63, 3.8) is 0 Å². The van der Waals surface area contributed by atoms with Gasteiger partial charge in [0, 0.05) is 19.1 Å². The summed E-state index contributed by atoms with van der Waals surface area (Å²) in [6.45, 7) is 1.71. The minimum absolute atomic E-state index is 0.0379. The Morgan fingerprint density at radius 2 is 2.36 bits per heavy atom. The van der Waals surface area contributed by atoms with Crippen molar-refractivity contribution in [1.29, 1.82) is 5.26 Å². The fraction of sp³-hybridized carbons (Fsp3) is 0.800. The lowest BCUT2D eigenvalue weighted by molar-refractivity contribution is -0.125. The molecule has 1 heterocycles. The second-order valence-electron chi connectivity index (χ2n) is 3.99. The molecular weight excluding hydrogens is 178 g/mol. The van der Waals surface area contributed by atoms with E-state index in [1.807, 2.05) is 0 Å². The summed E-state index contributed by atoms with van der Waals surface area (Å²) in [5, 5.41) is 11.6. The summed E-state index contributed by atoms with van der Waals surface area (Å²) in [6.07, 6.45) is 3.71. The third kappa shape index (κ3) is 1.88. The van der Waals surface area contributed by atoms with E-state index in [2.05, 4.69) is 16.3 Å². The van der Waals surface area contributed by atoms with Crippen molar-refractivity contribution < 1.29 is 4.79 Å². The van der Waals surface area contributed by atoms with Gasteiger partial charge >= 0.3 is 0 Å². The zero-order chi connectivity index (χ0) is 9.97. The van der Waals surface area contributed by atoms with Gasteiger partial charge in [0.1, 0.15) is 6.04 Å². The van der Waals surface area contributed by atoms with E-state index in [1.54, 1.807) is 0 Å². The highest BCUT2D eigenvalue weighted by atomic mass is 16.2. The van der Waals surface area contributed by atoms with Gasteiger partial charge in [-0.25, -0.2) is 0 Å². The van der Waals surface area contributed by atoms with Crippen LogP contribution in [0.2, 0.25) is 0 Å². The van der Waals surface area contributed by atoms with Crippen LogP contribution >= 0.6 is 0 Å². The lowest BCUT2D eigenvalue weighted by atomic mass is 10.1. The Hall–Kier alpha value is -1.08. The lowest BCUT2D eigenvalue weighted by Gasteiger charge is -2.26. The number of nitrogens with zero attached hydrogens (tertiary/aromatic N) is 2. The molecule has 2 rings (SSSR count). The molecule has 1 saturated heterocycles. The molecule has 1 aliphatic carbocycles. The molecule has 0 aromatic rings. The number of hydrogen-bond donors (Lipinski definition) is 1. The molecule has 0 spiro atoms. The zero-order valence-corrected chi connectivity index (χ0v) is 8.20. The molecule has 1 aliphatic heterocycles. The molecule has 0 aromatic carbocycles. The molecule has 0 aromatic heterocycles. The third-order valence-corrected chi connectivity index (χ3v) is 2.90. The molecule has 1 unspecified atom stereocenters. The van der Waals surface area contributed by atoms with Gasteiger partial charge in [-0.3, -0.25) is 9.69 Å². The summed E-state index contributed by atoms with van der Waals surface area (Å²) >= 11 is 0. The highest BCUT2D eigenvalue weighted by Gasteiger charge is 2.37. The van der Waals surface area contributed by atoms with Gasteiger partial charge in [0.25, 0.3) is 0 Å². The van der Waals surface area contributed by atoms with E-state index in [0.29, 0.717) is 12.5 Å². The highest BCUT2D eigenvalue weighted by Crippen LogP contribution is 2.30. The maximum absolute atomic E-state index is 11.6. The van der Waals surface area contributed by atoms with Crippen LogP contribution < -0.4 is 5.32 Å². The standard InChI is InChI=1S/C10H15N3O/c11-5-4-9-10(14)12-6-1-7-13(9)8-2-3-8/h8-9H,1-4,6-7H2,(H,12,14). The molecule has 1 amide bonds. The Kier molecular flexibility index (Phi) is 2.69. The van der Waals surface area contributed by atoms with E-state index in [-0.39, 0.29) is 11.9 Å². The molecule has 2 fully saturated rings. The van der Waals surface area contributed by atoms with Crippen LogP contribution in [0.3, 0.4) is 0 Å². The Balaban J connectivity index is 2.08. The molecule has 76 valence electrons. The van der Waals surface area contributed by atoms with Gasteiger partial charge < -0.3 is 5.32 Å². The Morgan fingerprint density at radius 3 is 3.00 bits per heavy atom. The van der Waals surface area contributed by atoms with Crippen LogP contribution in [0.4, 0.5) is 0 Å². The summed E-state index contributed by atoms with van der Waals surface area (Å²) in [5.74, 6) is 0.0379. The zero-order valence-electron chi connectivity index (χ0n) is 8.20. The first-order chi connectivity index (χ1) is 6.83. The monoisotopic (exact) mass is 193 g/mol. The maximum atomic E-state index is 11.6. The van der Waals surface area contributed by atoms with Crippen molar-refractivity contribution in [2.75, 3.05) is 13.1 Å². The third-order valence-electron chi connectivity index (χ3n) is 2.90. The predicted octanol–water partition coefficient (Wildman–Crippen LogP) is 0.253. The van der Waals surface area contributed by atoms with E-state index < -0.39 is 0 Å². The summed E-state index contributed by atoms with van der Waals surface area (Å²) in [7, 11) is 0. The van der Waals surface area contributed by atoms with Crippen LogP contribution in [0, 0.1) is 11.3 Å². The Morgan fingerprint density at radius 1 is 1.57 bits per heavy atom. The first kappa shape index (κ1) is 9.47. The normalized spacial score (nSPS) is 29.1. The fourth-order valence-electron chi connectivity index (χ4n) is 2.04. The van der Waals surface area contributed by atoms with E-state index >= 15 is 0 Å². The molecule has 0 radical (unpaired) electrons. The van der Waals surface area contributed by atoms with E-state index in [4.69, 9.17) is 5.26 Å². The van der Waals surface area contributed by atoms with Crippen LogP contribution in [0.15, 0.2) is 0 Å². The van der Waals surface area contributed by atoms with Crippen molar-refractivity contribution in [3.8, 4) is 6.07 Å². The smallest absolute Gasteiger partial charge is 0.238 e. The number of nitrogens with one attached hydrogen (secondary N) is 1. The first-order valence-electron chi connectivity index (χ1n) is 5.23. The van der Waals surface area contributed by atoms with Crippen molar-refractivity contribution in [1.82, 2.24) is 10.2 Å².